The third kappa shape index (κ3) is 6.03. The molecule has 1 aromatic heterocycles. The zero-order valence-corrected chi connectivity index (χ0v) is 18.8. The van der Waals surface area contributed by atoms with E-state index in [0.717, 1.165) is 31.9 Å². The fourth-order valence-corrected chi connectivity index (χ4v) is 5.12. The first-order chi connectivity index (χ1) is 14.2. The molecular formula is C23H32N2O4S. The molecule has 1 fully saturated rings. The van der Waals surface area contributed by atoms with Crippen LogP contribution >= 0.6 is 0 Å². The molecule has 0 spiro atoms. The number of aryl methyl sites for hydroxylation is 1. The molecule has 1 N–H and O–H groups in total. The molecule has 1 aliphatic carbocycles. The van der Waals surface area contributed by atoms with Crippen molar-refractivity contribution in [1.82, 2.24) is 9.29 Å². The minimum Gasteiger partial charge on any atom is -0.376 e. The third-order valence-corrected chi connectivity index (χ3v) is 6.75. The lowest BCUT2D eigenvalue weighted by atomic mass is 9.83. The van der Waals surface area contributed by atoms with Crippen LogP contribution in [0, 0.1) is 6.92 Å². The lowest BCUT2D eigenvalue weighted by molar-refractivity contribution is 0.00239. The molecule has 164 valence electrons. The number of hydrogen-bond acceptors (Lipinski definition) is 4. The van der Waals surface area contributed by atoms with Crippen LogP contribution in [0.1, 0.15) is 55.7 Å². The highest BCUT2D eigenvalue weighted by Gasteiger charge is 2.27. The average molecular weight is 433 g/mol. The standard InChI is InChI=1S/C23H32N2O4S/c1-17-8-7-15-25(23(17)26)22(18(2)24-30(3,27)28)16-29-21-13-11-20(12-14-21)19-9-5-4-6-10-19/h4-10,15,18,20-22,24H,11-14,16H2,1-3H3/t18-,20-,21+,22+/m1/s1. The SMILES string of the molecule is Cc1cccn([C@@H](CO[C@H]2CC[C@@H](c3ccccc3)CC2)[C@@H](C)NS(C)(=O)=O)c1=O. The van der Waals surface area contributed by atoms with Crippen molar-refractivity contribution < 1.29 is 13.2 Å². The van der Waals surface area contributed by atoms with Gasteiger partial charge in [0, 0.05) is 17.8 Å². The van der Waals surface area contributed by atoms with E-state index < -0.39 is 22.1 Å². The van der Waals surface area contributed by atoms with Crippen molar-refractivity contribution in [3.8, 4) is 0 Å². The second-order valence-corrected chi connectivity index (χ2v) is 10.1. The summed E-state index contributed by atoms with van der Waals surface area (Å²) in [5.41, 5.74) is 1.88. The minimum absolute atomic E-state index is 0.124. The van der Waals surface area contributed by atoms with Gasteiger partial charge in [-0.25, -0.2) is 13.1 Å². The number of nitrogens with zero attached hydrogens (tertiary/aromatic N) is 1. The molecule has 1 aromatic carbocycles. The largest absolute Gasteiger partial charge is 0.376 e. The number of pyridine rings is 1. The van der Waals surface area contributed by atoms with Crippen molar-refractivity contribution in [3.63, 3.8) is 0 Å². The Hall–Kier alpha value is -1.96. The summed E-state index contributed by atoms with van der Waals surface area (Å²) in [6.07, 6.45) is 7.02. The van der Waals surface area contributed by atoms with Crippen molar-refractivity contribution in [1.29, 1.82) is 0 Å². The normalized spacial score (nSPS) is 21.8. The molecule has 1 aliphatic rings. The highest BCUT2D eigenvalue weighted by molar-refractivity contribution is 7.88. The predicted molar refractivity (Wildman–Crippen MR) is 119 cm³/mol. The molecule has 0 bridgehead atoms. The Morgan fingerprint density at radius 1 is 1.10 bits per heavy atom. The first kappa shape index (κ1) is 22.7. The summed E-state index contributed by atoms with van der Waals surface area (Å²) in [6, 6.07) is 13.3. The van der Waals surface area contributed by atoms with Gasteiger partial charge >= 0.3 is 0 Å². The molecule has 6 nitrogen and oxygen atoms in total. The number of ether oxygens (including phenoxy) is 1. The first-order valence-electron chi connectivity index (χ1n) is 10.6. The lowest BCUT2D eigenvalue weighted by Crippen LogP contribution is -2.44. The van der Waals surface area contributed by atoms with Gasteiger partial charge in [0.1, 0.15) is 0 Å². The zero-order chi connectivity index (χ0) is 21.7. The molecule has 1 saturated carbocycles. The fourth-order valence-electron chi connectivity index (χ4n) is 4.29. The van der Waals surface area contributed by atoms with Crippen LogP contribution in [-0.4, -0.2) is 38.0 Å². The maximum absolute atomic E-state index is 12.7. The van der Waals surface area contributed by atoms with E-state index in [1.54, 1.807) is 30.7 Å². The Morgan fingerprint density at radius 3 is 2.40 bits per heavy atom. The Bertz CT molecular complexity index is 980. The van der Waals surface area contributed by atoms with Crippen molar-refractivity contribution in [2.75, 3.05) is 12.9 Å². The molecular weight excluding hydrogens is 400 g/mol. The van der Waals surface area contributed by atoms with E-state index in [1.165, 1.54) is 5.56 Å². The summed E-state index contributed by atoms with van der Waals surface area (Å²) in [7, 11) is -3.40. The zero-order valence-electron chi connectivity index (χ0n) is 18.0. The number of benzene rings is 1. The fraction of sp³-hybridized carbons (Fsp3) is 0.522. The van der Waals surface area contributed by atoms with Gasteiger partial charge in [0.25, 0.3) is 5.56 Å². The van der Waals surface area contributed by atoms with E-state index in [4.69, 9.17) is 4.74 Å². The summed E-state index contributed by atoms with van der Waals surface area (Å²) in [5.74, 6) is 0.562. The summed E-state index contributed by atoms with van der Waals surface area (Å²) in [5, 5.41) is 0. The molecule has 7 heteroatoms. The van der Waals surface area contributed by atoms with Gasteiger partial charge in [-0.1, -0.05) is 36.4 Å². The molecule has 0 radical (unpaired) electrons. The van der Waals surface area contributed by atoms with E-state index in [0.29, 0.717) is 11.5 Å². The average Bonchev–Trinajstić information content (AvgIpc) is 2.71. The van der Waals surface area contributed by atoms with Crippen LogP contribution in [0.15, 0.2) is 53.5 Å². The first-order valence-corrected chi connectivity index (χ1v) is 12.5. The summed E-state index contributed by atoms with van der Waals surface area (Å²) in [6.45, 7) is 3.82. The molecule has 2 atom stereocenters. The van der Waals surface area contributed by atoms with Crippen LogP contribution in [0.4, 0.5) is 0 Å². The second-order valence-electron chi connectivity index (χ2n) is 8.37. The minimum atomic E-state index is -3.40. The Labute approximate surface area is 179 Å². The van der Waals surface area contributed by atoms with Crippen LogP contribution in [0.25, 0.3) is 0 Å². The van der Waals surface area contributed by atoms with Crippen molar-refractivity contribution in [2.45, 2.75) is 63.6 Å². The van der Waals surface area contributed by atoms with Crippen LogP contribution < -0.4 is 10.3 Å². The van der Waals surface area contributed by atoms with Crippen molar-refractivity contribution in [2.24, 2.45) is 0 Å². The van der Waals surface area contributed by atoms with E-state index >= 15 is 0 Å². The van der Waals surface area contributed by atoms with Gasteiger partial charge in [0.2, 0.25) is 10.0 Å². The number of rotatable bonds is 8. The number of hydrogen-bond donors (Lipinski definition) is 1. The van der Waals surface area contributed by atoms with Crippen LogP contribution in [0.2, 0.25) is 0 Å². The smallest absolute Gasteiger partial charge is 0.253 e. The Morgan fingerprint density at radius 2 is 1.77 bits per heavy atom. The number of sulfonamides is 1. The van der Waals surface area contributed by atoms with Gasteiger partial charge in [-0.2, -0.15) is 0 Å². The van der Waals surface area contributed by atoms with Gasteiger partial charge in [-0.05, 0) is 57.1 Å². The van der Waals surface area contributed by atoms with Crippen LogP contribution in [-0.2, 0) is 14.8 Å². The summed E-state index contributed by atoms with van der Waals surface area (Å²) < 4.78 is 34.0. The van der Waals surface area contributed by atoms with E-state index in [9.17, 15) is 13.2 Å². The molecule has 2 aromatic rings. The summed E-state index contributed by atoms with van der Waals surface area (Å²) in [4.78, 5) is 12.7. The lowest BCUT2D eigenvalue weighted by Gasteiger charge is -2.32. The van der Waals surface area contributed by atoms with Crippen LogP contribution in [0.3, 0.4) is 0 Å². The number of nitrogens with one attached hydrogen (secondary N) is 1. The van der Waals surface area contributed by atoms with Crippen molar-refractivity contribution in [3.05, 3.63) is 70.1 Å². The molecule has 30 heavy (non-hydrogen) atoms. The molecule has 0 amide bonds. The van der Waals surface area contributed by atoms with Crippen LogP contribution in [0.5, 0.6) is 0 Å². The predicted octanol–water partition coefficient (Wildman–Crippen LogP) is 3.38. The molecule has 0 aliphatic heterocycles. The highest BCUT2D eigenvalue weighted by Crippen LogP contribution is 2.34. The van der Waals surface area contributed by atoms with Gasteiger partial charge in [0.05, 0.1) is 25.0 Å². The summed E-state index contributed by atoms with van der Waals surface area (Å²) >= 11 is 0. The Balaban J connectivity index is 1.67. The maximum atomic E-state index is 12.7. The van der Waals surface area contributed by atoms with Crippen molar-refractivity contribution >= 4 is 10.0 Å². The molecule has 0 unspecified atom stereocenters. The quantitative estimate of drug-likeness (QED) is 0.694. The van der Waals surface area contributed by atoms with Gasteiger partial charge < -0.3 is 9.30 Å². The maximum Gasteiger partial charge on any atom is 0.253 e. The van der Waals surface area contributed by atoms with E-state index in [-0.39, 0.29) is 18.3 Å². The highest BCUT2D eigenvalue weighted by atomic mass is 32.2. The van der Waals surface area contributed by atoms with E-state index in [2.05, 4.69) is 29.0 Å². The monoisotopic (exact) mass is 432 g/mol. The van der Waals surface area contributed by atoms with E-state index in [1.807, 2.05) is 12.1 Å². The van der Waals surface area contributed by atoms with Gasteiger partial charge in [-0.3, -0.25) is 4.79 Å². The van der Waals surface area contributed by atoms with Gasteiger partial charge in [0.15, 0.2) is 0 Å². The molecule has 0 saturated heterocycles. The number of aromatic nitrogens is 1. The Kier molecular flexibility index (Phi) is 7.50. The molecule has 1 heterocycles. The topological polar surface area (TPSA) is 77.4 Å². The molecule has 3 rings (SSSR count). The van der Waals surface area contributed by atoms with Gasteiger partial charge in [-0.15, -0.1) is 0 Å². The second kappa shape index (κ2) is 9.90. The third-order valence-electron chi connectivity index (χ3n) is 5.95.